The SMILES string of the molecule is COCC(=O)N(Cc1cc(NC(=O)C2CCCC2)ccc1N(C)C)[C@@H](C)c1ccccc1. The molecule has 0 heterocycles. The Bertz CT molecular complexity index is 908. The lowest BCUT2D eigenvalue weighted by Gasteiger charge is -2.31. The van der Waals surface area contributed by atoms with Gasteiger partial charge in [-0.2, -0.15) is 0 Å². The Labute approximate surface area is 191 Å². The van der Waals surface area contributed by atoms with E-state index in [4.69, 9.17) is 4.74 Å². The number of carbonyl (C=O) groups is 2. The highest BCUT2D eigenvalue weighted by molar-refractivity contribution is 5.93. The van der Waals surface area contributed by atoms with Crippen LogP contribution in [0.25, 0.3) is 0 Å². The number of nitrogens with zero attached hydrogens (tertiary/aromatic N) is 2. The van der Waals surface area contributed by atoms with Gasteiger partial charge in [0.05, 0.1) is 6.04 Å². The molecule has 2 amide bonds. The van der Waals surface area contributed by atoms with Gasteiger partial charge in [0.15, 0.2) is 0 Å². The molecule has 6 nitrogen and oxygen atoms in total. The summed E-state index contributed by atoms with van der Waals surface area (Å²) in [7, 11) is 5.50. The van der Waals surface area contributed by atoms with Crippen LogP contribution in [0.15, 0.2) is 48.5 Å². The number of anilines is 2. The standard InChI is InChI=1S/C26H35N3O3/c1-19(20-10-6-5-7-11-20)29(25(30)18-32-4)17-22-16-23(14-15-24(22)28(2)3)27-26(31)21-12-8-9-13-21/h5-7,10-11,14-16,19,21H,8-9,12-13,17-18H2,1-4H3,(H,27,31)/t19-/m0/s1. The van der Waals surface area contributed by atoms with Crippen molar-refractivity contribution >= 4 is 23.2 Å². The molecule has 0 aromatic heterocycles. The Morgan fingerprint density at radius 2 is 1.78 bits per heavy atom. The molecule has 1 aliphatic rings. The van der Waals surface area contributed by atoms with Crippen molar-refractivity contribution < 1.29 is 14.3 Å². The average Bonchev–Trinajstić information content (AvgIpc) is 3.33. The fraction of sp³-hybridized carbons (Fsp3) is 0.462. The highest BCUT2D eigenvalue weighted by atomic mass is 16.5. The largest absolute Gasteiger partial charge is 0.377 e. The Kier molecular flexibility index (Phi) is 8.28. The number of amides is 2. The molecule has 0 spiro atoms. The molecule has 3 rings (SSSR count). The zero-order valence-corrected chi connectivity index (χ0v) is 19.6. The zero-order chi connectivity index (χ0) is 23.1. The second-order valence-corrected chi connectivity index (χ2v) is 8.75. The number of ether oxygens (including phenoxy) is 1. The summed E-state index contributed by atoms with van der Waals surface area (Å²) in [5, 5.41) is 3.09. The maximum absolute atomic E-state index is 13.0. The molecule has 0 saturated heterocycles. The van der Waals surface area contributed by atoms with Crippen molar-refractivity contribution in [1.82, 2.24) is 4.90 Å². The van der Waals surface area contributed by atoms with Crippen LogP contribution in [0.5, 0.6) is 0 Å². The molecule has 2 aromatic rings. The Morgan fingerprint density at radius 3 is 2.41 bits per heavy atom. The molecule has 172 valence electrons. The number of methoxy groups -OCH3 is 1. The van der Waals surface area contributed by atoms with E-state index in [1.165, 1.54) is 7.11 Å². The van der Waals surface area contributed by atoms with E-state index in [9.17, 15) is 9.59 Å². The molecule has 1 atom stereocenters. The zero-order valence-electron chi connectivity index (χ0n) is 19.6. The second kappa shape index (κ2) is 11.1. The van der Waals surface area contributed by atoms with Gasteiger partial charge >= 0.3 is 0 Å². The number of benzene rings is 2. The minimum atomic E-state index is -0.120. The van der Waals surface area contributed by atoms with Crippen molar-refractivity contribution in [2.75, 3.05) is 38.0 Å². The Hall–Kier alpha value is -2.86. The third-order valence-electron chi connectivity index (χ3n) is 6.23. The van der Waals surface area contributed by atoms with Gasteiger partial charge in [0.25, 0.3) is 0 Å². The van der Waals surface area contributed by atoms with Crippen molar-refractivity contribution in [3.63, 3.8) is 0 Å². The third kappa shape index (κ3) is 5.88. The lowest BCUT2D eigenvalue weighted by Crippen LogP contribution is -2.36. The maximum Gasteiger partial charge on any atom is 0.249 e. The van der Waals surface area contributed by atoms with Crippen molar-refractivity contribution in [3.8, 4) is 0 Å². The molecule has 0 radical (unpaired) electrons. The lowest BCUT2D eigenvalue weighted by atomic mass is 10.0. The van der Waals surface area contributed by atoms with Gasteiger partial charge in [0, 0.05) is 45.0 Å². The van der Waals surface area contributed by atoms with Gasteiger partial charge in [-0.15, -0.1) is 0 Å². The van der Waals surface area contributed by atoms with E-state index in [1.54, 1.807) is 0 Å². The lowest BCUT2D eigenvalue weighted by molar-refractivity contribution is -0.138. The molecular weight excluding hydrogens is 402 g/mol. The summed E-state index contributed by atoms with van der Waals surface area (Å²) >= 11 is 0. The number of hydrogen-bond acceptors (Lipinski definition) is 4. The van der Waals surface area contributed by atoms with Gasteiger partial charge in [-0.3, -0.25) is 9.59 Å². The highest BCUT2D eigenvalue weighted by Crippen LogP contribution is 2.30. The van der Waals surface area contributed by atoms with Crippen LogP contribution in [0.1, 0.15) is 49.8 Å². The number of rotatable bonds is 9. The number of nitrogens with one attached hydrogen (secondary N) is 1. The average molecular weight is 438 g/mol. The molecule has 1 N–H and O–H groups in total. The molecule has 6 heteroatoms. The molecule has 32 heavy (non-hydrogen) atoms. The first-order chi connectivity index (χ1) is 15.4. The van der Waals surface area contributed by atoms with Gasteiger partial charge in [-0.1, -0.05) is 43.2 Å². The van der Waals surface area contributed by atoms with Crippen molar-refractivity contribution in [3.05, 3.63) is 59.7 Å². The van der Waals surface area contributed by atoms with E-state index < -0.39 is 0 Å². The quantitative estimate of drug-likeness (QED) is 0.622. The molecule has 0 aliphatic heterocycles. The van der Waals surface area contributed by atoms with Crippen LogP contribution in [0.2, 0.25) is 0 Å². The molecule has 2 aromatic carbocycles. The first-order valence-electron chi connectivity index (χ1n) is 11.3. The summed E-state index contributed by atoms with van der Waals surface area (Å²) in [5.41, 5.74) is 3.83. The van der Waals surface area contributed by atoms with E-state index in [1.807, 2.05) is 79.3 Å². The number of hydrogen-bond donors (Lipinski definition) is 1. The van der Waals surface area contributed by atoms with E-state index in [0.717, 1.165) is 48.2 Å². The van der Waals surface area contributed by atoms with E-state index in [0.29, 0.717) is 6.54 Å². The predicted octanol–water partition coefficient (Wildman–Crippen LogP) is 4.62. The number of carbonyl (C=O) groups excluding carboxylic acids is 2. The first kappa shape index (κ1) is 23.8. The van der Waals surface area contributed by atoms with Crippen LogP contribution in [0.3, 0.4) is 0 Å². The molecule has 0 unspecified atom stereocenters. The Morgan fingerprint density at radius 1 is 1.09 bits per heavy atom. The second-order valence-electron chi connectivity index (χ2n) is 8.75. The molecular formula is C26H35N3O3. The van der Waals surface area contributed by atoms with Crippen LogP contribution in [-0.2, 0) is 20.9 Å². The smallest absolute Gasteiger partial charge is 0.249 e. The topological polar surface area (TPSA) is 61.9 Å². The monoisotopic (exact) mass is 437 g/mol. The van der Waals surface area contributed by atoms with E-state index in [-0.39, 0.29) is 30.4 Å². The molecule has 0 bridgehead atoms. The fourth-order valence-corrected chi connectivity index (χ4v) is 4.40. The molecule has 1 aliphatic carbocycles. The van der Waals surface area contributed by atoms with Gasteiger partial charge in [-0.05, 0) is 49.1 Å². The minimum absolute atomic E-state index is 0.0204. The summed E-state index contributed by atoms with van der Waals surface area (Å²) in [5.74, 6) is 0.120. The van der Waals surface area contributed by atoms with Crippen molar-refractivity contribution in [2.45, 2.75) is 45.2 Å². The summed E-state index contributed by atoms with van der Waals surface area (Å²) in [6.07, 6.45) is 4.17. The predicted molar refractivity (Wildman–Crippen MR) is 129 cm³/mol. The van der Waals surface area contributed by atoms with Crippen LogP contribution < -0.4 is 10.2 Å². The summed E-state index contributed by atoms with van der Waals surface area (Å²) in [6.45, 7) is 2.47. The maximum atomic E-state index is 13.0. The third-order valence-corrected chi connectivity index (χ3v) is 6.23. The first-order valence-corrected chi connectivity index (χ1v) is 11.3. The van der Waals surface area contributed by atoms with E-state index >= 15 is 0 Å². The van der Waals surface area contributed by atoms with Crippen molar-refractivity contribution in [1.29, 1.82) is 0 Å². The fourth-order valence-electron chi connectivity index (χ4n) is 4.40. The highest BCUT2D eigenvalue weighted by Gasteiger charge is 2.25. The van der Waals surface area contributed by atoms with Crippen LogP contribution in [0, 0.1) is 5.92 Å². The van der Waals surface area contributed by atoms with Gasteiger partial charge in [0.2, 0.25) is 11.8 Å². The van der Waals surface area contributed by atoms with Crippen LogP contribution >= 0.6 is 0 Å². The molecule has 1 saturated carbocycles. The van der Waals surface area contributed by atoms with E-state index in [2.05, 4.69) is 5.32 Å². The molecule has 1 fully saturated rings. The minimum Gasteiger partial charge on any atom is -0.377 e. The van der Waals surface area contributed by atoms with Crippen molar-refractivity contribution in [2.24, 2.45) is 5.92 Å². The van der Waals surface area contributed by atoms with Gasteiger partial charge < -0.3 is 19.9 Å². The summed E-state index contributed by atoms with van der Waals surface area (Å²) < 4.78 is 5.16. The normalized spacial score (nSPS) is 14.8. The Balaban J connectivity index is 1.88. The summed E-state index contributed by atoms with van der Waals surface area (Å²) in [6, 6.07) is 15.8. The van der Waals surface area contributed by atoms with Gasteiger partial charge in [0.1, 0.15) is 6.61 Å². The van der Waals surface area contributed by atoms with Gasteiger partial charge in [-0.25, -0.2) is 0 Å². The van der Waals surface area contributed by atoms with Crippen LogP contribution in [-0.4, -0.2) is 44.5 Å². The summed E-state index contributed by atoms with van der Waals surface area (Å²) in [4.78, 5) is 29.5. The van der Waals surface area contributed by atoms with Crippen LogP contribution in [0.4, 0.5) is 11.4 Å².